The molecule has 0 heterocycles. The van der Waals surface area contributed by atoms with Crippen LogP contribution < -0.4 is 0 Å². The van der Waals surface area contributed by atoms with Crippen LogP contribution in [-0.2, 0) is 12.6 Å². The van der Waals surface area contributed by atoms with E-state index in [0.717, 1.165) is 0 Å². The molecule has 3 rings (SSSR count). The summed E-state index contributed by atoms with van der Waals surface area (Å²) in [6.45, 7) is 0. The fraction of sp³-hybridized carbons (Fsp3) is 0.0588. The van der Waals surface area contributed by atoms with Gasteiger partial charge in [-0.25, -0.2) is 0 Å². The average molecular weight is 251 g/mol. The molecule has 0 nitrogen and oxygen atoms in total. The molecule has 1 atom stereocenters. The molecule has 0 aromatic heterocycles. The van der Waals surface area contributed by atoms with E-state index in [1.807, 2.05) is 6.07 Å². The first kappa shape index (κ1) is 11.4. The summed E-state index contributed by atoms with van der Waals surface area (Å²) in [5.74, 6) is 0. The first-order valence-electron chi connectivity index (χ1n) is 6.10. The van der Waals surface area contributed by atoms with E-state index < -0.39 is 0 Å². The molecule has 0 saturated carbocycles. The summed E-state index contributed by atoms with van der Waals surface area (Å²) in [6, 6.07) is 25.5. The topological polar surface area (TPSA) is 0 Å². The molecule has 1 heteroatoms. The van der Waals surface area contributed by atoms with Crippen LogP contribution in [0.3, 0.4) is 0 Å². The summed E-state index contributed by atoms with van der Waals surface area (Å²) in [6.07, 6.45) is 0. The van der Waals surface area contributed by atoms with Crippen molar-refractivity contribution in [2.45, 2.75) is 5.25 Å². The van der Waals surface area contributed by atoms with Gasteiger partial charge in [-0.15, -0.1) is 0 Å². The van der Waals surface area contributed by atoms with E-state index in [4.69, 9.17) is 0 Å². The van der Waals surface area contributed by atoms with Gasteiger partial charge in [-0.3, -0.25) is 0 Å². The Bertz CT molecular complexity index is 653. The van der Waals surface area contributed by atoms with Crippen LogP contribution in [0.15, 0.2) is 72.8 Å². The van der Waals surface area contributed by atoms with Crippen LogP contribution in [0.5, 0.6) is 0 Å². The van der Waals surface area contributed by atoms with Gasteiger partial charge < -0.3 is 0 Å². The van der Waals surface area contributed by atoms with Gasteiger partial charge in [-0.1, -0.05) is 72.8 Å². The van der Waals surface area contributed by atoms with Gasteiger partial charge in [0.1, 0.15) is 0 Å². The Morgan fingerprint density at radius 3 is 2.17 bits per heavy atom. The summed E-state index contributed by atoms with van der Waals surface area (Å²) in [5, 5.41) is 2.83. The van der Waals surface area contributed by atoms with Crippen LogP contribution >= 0.6 is 0 Å². The van der Waals surface area contributed by atoms with E-state index in [-0.39, 0.29) is 5.25 Å². The van der Waals surface area contributed by atoms with Crippen molar-refractivity contribution in [3.63, 3.8) is 0 Å². The Kier molecular flexibility index (Phi) is 3.07. The maximum absolute atomic E-state index is 3.87. The summed E-state index contributed by atoms with van der Waals surface area (Å²) in [4.78, 5) is 0. The molecule has 0 bridgehead atoms. The first-order valence-corrected chi connectivity index (χ1v) is 6.68. The SMILES string of the molecule is [SH2+]C(c1ccccc1)c1cccc2ccccc12. The molecule has 0 aliphatic rings. The van der Waals surface area contributed by atoms with Crippen LogP contribution in [0, 0.1) is 0 Å². The van der Waals surface area contributed by atoms with Gasteiger partial charge in [0.05, 0.1) is 0 Å². The Balaban J connectivity index is 2.15. The maximum Gasteiger partial charge on any atom is 0.164 e. The minimum atomic E-state index is 0.234. The highest BCUT2D eigenvalue weighted by Gasteiger charge is 2.16. The zero-order valence-electron chi connectivity index (χ0n) is 10.0. The molecule has 1 unspecified atom stereocenters. The second-order valence-corrected chi connectivity index (χ2v) is 4.99. The predicted octanol–water partition coefficient (Wildman–Crippen LogP) is 3.94. The Hall–Kier alpha value is -1.73. The van der Waals surface area contributed by atoms with Crippen molar-refractivity contribution >= 4 is 23.4 Å². The Morgan fingerprint density at radius 2 is 1.33 bits per heavy atom. The van der Waals surface area contributed by atoms with Crippen LogP contribution in [0.4, 0.5) is 0 Å². The summed E-state index contributed by atoms with van der Waals surface area (Å²) >= 11 is 3.87. The van der Waals surface area contributed by atoms with Crippen molar-refractivity contribution < 1.29 is 0 Å². The molecule has 0 spiro atoms. The molecule has 0 N–H and O–H groups in total. The summed E-state index contributed by atoms with van der Waals surface area (Å²) in [5.41, 5.74) is 2.60. The lowest BCUT2D eigenvalue weighted by atomic mass is 9.98. The lowest BCUT2D eigenvalue weighted by molar-refractivity contribution is 1.18. The highest BCUT2D eigenvalue weighted by Crippen LogP contribution is 2.29. The van der Waals surface area contributed by atoms with E-state index >= 15 is 0 Å². The highest BCUT2D eigenvalue weighted by atomic mass is 32.1. The zero-order valence-corrected chi connectivity index (χ0v) is 11.0. The maximum atomic E-state index is 3.87. The van der Waals surface area contributed by atoms with Crippen LogP contribution in [0.2, 0.25) is 0 Å². The molecular formula is C17H15S+. The van der Waals surface area contributed by atoms with E-state index in [9.17, 15) is 0 Å². The average Bonchev–Trinajstić information content (AvgIpc) is 2.47. The van der Waals surface area contributed by atoms with Crippen molar-refractivity contribution in [1.82, 2.24) is 0 Å². The fourth-order valence-electron chi connectivity index (χ4n) is 2.33. The van der Waals surface area contributed by atoms with Crippen molar-refractivity contribution in [2.24, 2.45) is 0 Å². The van der Waals surface area contributed by atoms with E-state index in [1.54, 1.807) is 0 Å². The predicted molar refractivity (Wildman–Crippen MR) is 82.4 cm³/mol. The second-order valence-electron chi connectivity index (χ2n) is 4.41. The molecule has 0 aliphatic carbocycles. The lowest BCUT2D eigenvalue weighted by Gasteiger charge is -2.10. The smallest absolute Gasteiger partial charge is 0.0622 e. The van der Waals surface area contributed by atoms with Gasteiger partial charge in [-0.05, 0) is 23.4 Å². The number of hydrogen-bond donors (Lipinski definition) is 0. The van der Waals surface area contributed by atoms with E-state index in [2.05, 4.69) is 79.4 Å². The van der Waals surface area contributed by atoms with Gasteiger partial charge in [0.15, 0.2) is 5.25 Å². The molecule has 88 valence electrons. The highest BCUT2D eigenvalue weighted by molar-refractivity contribution is 7.59. The third-order valence-electron chi connectivity index (χ3n) is 3.27. The molecule has 0 amide bonds. The van der Waals surface area contributed by atoms with Crippen molar-refractivity contribution in [3.05, 3.63) is 83.9 Å². The summed E-state index contributed by atoms with van der Waals surface area (Å²) in [7, 11) is 0. The normalized spacial score (nSPS) is 12.5. The molecule has 0 saturated heterocycles. The monoisotopic (exact) mass is 251 g/mol. The quantitative estimate of drug-likeness (QED) is 0.605. The van der Waals surface area contributed by atoms with E-state index in [0.29, 0.717) is 0 Å². The van der Waals surface area contributed by atoms with Gasteiger partial charge in [0.25, 0.3) is 0 Å². The van der Waals surface area contributed by atoms with Crippen molar-refractivity contribution in [3.8, 4) is 0 Å². The Morgan fingerprint density at radius 1 is 0.667 bits per heavy atom. The van der Waals surface area contributed by atoms with Crippen LogP contribution in [-0.4, -0.2) is 0 Å². The molecule has 18 heavy (non-hydrogen) atoms. The molecule has 0 fully saturated rings. The molecule has 3 aromatic rings. The number of rotatable bonds is 2. The molecular weight excluding hydrogens is 236 g/mol. The second kappa shape index (κ2) is 4.87. The van der Waals surface area contributed by atoms with Gasteiger partial charge in [-0.2, -0.15) is 0 Å². The Labute approximate surface area is 113 Å². The van der Waals surface area contributed by atoms with Gasteiger partial charge in [0.2, 0.25) is 0 Å². The molecule has 3 aromatic carbocycles. The number of benzene rings is 3. The largest absolute Gasteiger partial charge is 0.164 e. The number of fused-ring (bicyclic) bond motifs is 1. The molecule has 0 aliphatic heterocycles. The minimum absolute atomic E-state index is 0.234. The van der Waals surface area contributed by atoms with Crippen molar-refractivity contribution in [1.29, 1.82) is 0 Å². The van der Waals surface area contributed by atoms with Crippen LogP contribution in [0.25, 0.3) is 10.8 Å². The lowest BCUT2D eigenvalue weighted by Crippen LogP contribution is -1.97. The summed E-state index contributed by atoms with van der Waals surface area (Å²) < 4.78 is 0. The number of hydrogen-bond acceptors (Lipinski definition) is 0. The third kappa shape index (κ3) is 2.02. The fourth-order valence-corrected chi connectivity index (χ4v) is 2.77. The minimum Gasteiger partial charge on any atom is -0.0622 e. The van der Waals surface area contributed by atoms with Gasteiger partial charge in [0, 0.05) is 11.1 Å². The standard InChI is InChI=1S/C17H14S/c18-17(14-8-2-1-3-9-14)16-12-6-10-13-7-4-5-11-15(13)16/h1-12,17-18H/p+1. The first-order chi connectivity index (χ1) is 8.86. The van der Waals surface area contributed by atoms with Gasteiger partial charge >= 0.3 is 0 Å². The van der Waals surface area contributed by atoms with Crippen molar-refractivity contribution in [2.75, 3.05) is 0 Å². The van der Waals surface area contributed by atoms with Crippen LogP contribution in [0.1, 0.15) is 16.4 Å². The van der Waals surface area contributed by atoms with E-state index in [1.165, 1.54) is 21.9 Å². The third-order valence-corrected chi connectivity index (χ3v) is 3.91. The zero-order chi connectivity index (χ0) is 12.4. The molecule has 0 radical (unpaired) electrons.